The third kappa shape index (κ3) is 3.46. The molecule has 0 saturated heterocycles. The van der Waals surface area contributed by atoms with Gasteiger partial charge < -0.3 is 9.47 Å². The van der Waals surface area contributed by atoms with Crippen LogP contribution in [0.2, 0.25) is 0 Å². The van der Waals surface area contributed by atoms with Crippen molar-refractivity contribution < 1.29 is 14.3 Å². The topological polar surface area (TPSA) is 35.5 Å². The maximum Gasteiger partial charge on any atom is 0.252 e. The average Bonchev–Trinajstić information content (AvgIpc) is 1.82. The van der Waals surface area contributed by atoms with Crippen LogP contribution in [0.4, 0.5) is 0 Å². The molecule has 0 heterocycles. The number of methoxy groups -OCH3 is 2. The van der Waals surface area contributed by atoms with E-state index in [2.05, 4.69) is 9.47 Å². The molecule has 0 aliphatic heterocycles. The van der Waals surface area contributed by atoms with E-state index in [1.54, 1.807) is 0 Å². The Morgan fingerprint density at radius 2 is 2.22 bits per heavy atom. The monoisotopic (exact) mass is 152 g/mol. The first-order chi connectivity index (χ1) is 4.22. The number of hydrogen-bond donors (Lipinski definition) is 0. The molecule has 0 aliphatic rings. The lowest BCUT2D eigenvalue weighted by atomic mass is 10.4. The zero-order valence-corrected chi connectivity index (χ0v) is 6.14. The highest BCUT2D eigenvalue weighted by atomic mass is 35.5. The summed E-state index contributed by atoms with van der Waals surface area (Å²) in [5.74, 6) is 0. The lowest BCUT2D eigenvalue weighted by Gasteiger charge is -2.07. The van der Waals surface area contributed by atoms with Gasteiger partial charge in [0.15, 0.2) is 6.10 Å². The molecule has 0 aliphatic carbocycles. The smallest absolute Gasteiger partial charge is 0.252 e. The van der Waals surface area contributed by atoms with Crippen molar-refractivity contribution in [1.29, 1.82) is 0 Å². The molecule has 0 aromatic carbocycles. The fourth-order valence-corrected chi connectivity index (χ4v) is 0.530. The fourth-order valence-electron chi connectivity index (χ4n) is 0.378. The minimum Gasteiger partial charge on any atom is -0.381 e. The minimum absolute atomic E-state index is 0.207. The molecule has 0 bridgehead atoms. The van der Waals surface area contributed by atoms with Gasteiger partial charge in [-0.15, -0.1) is 0 Å². The molecule has 3 nitrogen and oxygen atoms in total. The Bertz CT molecular complexity index is 94.2. The summed E-state index contributed by atoms with van der Waals surface area (Å²) in [6.07, 6.45) is -0.628. The molecule has 0 saturated carbocycles. The van der Waals surface area contributed by atoms with E-state index in [9.17, 15) is 4.79 Å². The van der Waals surface area contributed by atoms with Crippen molar-refractivity contribution in [3.63, 3.8) is 0 Å². The second kappa shape index (κ2) is 4.73. The lowest BCUT2D eigenvalue weighted by Crippen LogP contribution is -2.23. The van der Waals surface area contributed by atoms with Gasteiger partial charge in [0.05, 0.1) is 6.61 Å². The largest absolute Gasteiger partial charge is 0.381 e. The summed E-state index contributed by atoms with van der Waals surface area (Å²) in [4.78, 5) is 10.3. The number of ether oxygens (including phenoxy) is 2. The summed E-state index contributed by atoms with van der Waals surface area (Å²) < 4.78 is 9.27. The van der Waals surface area contributed by atoms with E-state index < -0.39 is 11.3 Å². The normalized spacial score (nSPS) is 13.2. The molecule has 54 valence electrons. The van der Waals surface area contributed by atoms with E-state index in [0.29, 0.717) is 0 Å². The van der Waals surface area contributed by atoms with E-state index >= 15 is 0 Å². The molecule has 0 amide bonds. The maximum absolute atomic E-state index is 10.3. The van der Waals surface area contributed by atoms with Gasteiger partial charge in [0.2, 0.25) is 0 Å². The van der Waals surface area contributed by atoms with Crippen LogP contribution in [0.5, 0.6) is 0 Å². The maximum atomic E-state index is 10.3. The number of halogens is 1. The predicted octanol–water partition coefficient (Wildman–Crippen LogP) is 0.413. The van der Waals surface area contributed by atoms with Gasteiger partial charge in [0.25, 0.3) is 5.24 Å². The standard InChI is InChI=1S/C5H9ClO3/c1-8-3-4(9-2)5(6)7/h4H,3H2,1-2H3. The zero-order valence-electron chi connectivity index (χ0n) is 5.39. The summed E-state index contributed by atoms with van der Waals surface area (Å²) in [7, 11) is 2.88. The van der Waals surface area contributed by atoms with E-state index in [1.165, 1.54) is 14.2 Å². The van der Waals surface area contributed by atoms with Gasteiger partial charge in [-0.05, 0) is 11.6 Å². The molecule has 0 fully saturated rings. The van der Waals surface area contributed by atoms with E-state index in [4.69, 9.17) is 11.6 Å². The van der Waals surface area contributed by atoms with Gasteiger partial charge in [-0.2, -0.15) is 0 Å². The van der Waals surface area contributed by atoms with Crippen LogP contribution in [0.25, 0.3) is 0 Å². The first-order valence-corrected chi connectivity index (χ1v) is 2.81. The third-order valence-electron chi connectivity index (χ3n) is 0.856. The van der Waals surface area contributed by atoms with Crippen molar-refractivity contribution in [1.82, 2.24) is 0 Å². The molecule has 1 atom stereocenters. The molecule has 0 spiro atoms. The average molecular weight is 153 g/mol. The first kappa shape index (κ1) is 8.88. The van der Waals surface area contributed by atoms with Gasteiger partial charge >= 0.3 is 0 Å². The second-order valence-electron chi connectivity index (χ2n) is 1.48. The number of rotatable bonds is 4. The van der Waals surface area contributed by atoms with E-state index in [1.807, 2.05) is 0 Å². The van der Waals surface area contributed by atoms with Crippen molar-refractivity contribution >= 4 is 16.8 Å². The van der Waals surface area contributed by atoms with Gasteiger partial charge in [0, 0.05) is 14.2 Å². The van der Waals surface area contributed by atoms with Crippen molar-refractivity contribution in [2.24, 2.45) is 0 Å². The van der Waals surface area contributed by atoms with Crippen molar-refractivity contribution in [2.75, 3.05) is 20.8 Å². The van der Waals surface area contributed by atoms with Crippen molar-refractivity contribution in [3.8, 4) is 0 Å². The highest BCUT2D eigenvalue weighted by molar-refractivity contribution is 6.64. The Hall–Kier alpha value is -0.120. The quantitative estimate of drug-likeness (QED) is 0.548. The molecule has 9 heavy (non-hydrogen) atoms. The SMILES string of the molecule is COCC(OC)C(=O)Cl. The number of hydrogen-bond acceptors (Lipinski definition) is 3. The Morgan fingerprint density at radius 3 is 2.33 bits per heavy atom. The van der Waals surface area contributed by atoms with Gasteiger partial charge in [-0.1, -0.05) is 0 Å². The summed E-state index contributed by atoms with van der Waals surface area (Å²) in [5, 5.41) is -0.528. The van der Waals surface area contributed by atoms with Gasteiger partial charge in [-0.25, -0.2) is 0 Å². The van der Waals surface area contributed by atoms with Crippen LogP contribution in [0.3, 0.4) is 0 Å². The van der Waals surface area contributed by atoms with Crippen LogP contribution in [-0.2, 0) is 14.3 Å². The van der Waals surface area contributed by atoms with Crippen LogP contribution < -0.4 is 0 Å². The van der Waals surface area contributed by atoms with E-state index in [0.717, 1.165) is 0 Å². The Kier molecular flexibility index (Phi) is 4.67. The Balaban J connectivity index is 3.54. The number of carbonyl (C=O) groups is 1. The summed E-state index contributed by atoms with van der Waals surface area (Å²) in [6.45, 7) is 0.207. The molecular formula is C5H9ClO3. The van der Waals surface area contributed by atoms with Crippen LogP contribution in [0.15, 0.2) is 0 Å². The minimum atomic E-state index is -0.628. The molecule has 4 heteroatoms. The van der Waals surface area contributed by atoms with Crippen LogP contribution in [0.1, 0.15) is 0 Å². The molecule has 0 radical (unpaired) electrons. The molecule has 0 aromatic rings. The van der Waals surface area contributed by atoms with Gasteiger partial charge in [-0.3, -0.25) is 4.79 Å². The lowest BCUT2D eigenvalue weighted by molar-refractivity contribution is -0.123. The highest BCUT2D eigenvalue weighted by Gasteiger charge is 2.13. The van der Waals surface area contributed by atoms with Crippen molar-refractivity contribution in [2.45, 2.75) is 6.10 Å². The molecule has 1 unspecified atom stereocenters. The first-order valence-electron chi connectivity index (χ1n) is 2.43. The third-order valence-corrected chi connectivity index (χ3v) is 1.10. The molecule has 0 N–H and O–H groups in total. The van der Waals surface area contributed by atoms with Crippen LogP contribution >= 0.6 is 11.6 Å². The van der Waals surface area contributed by atoms with Crippen LogP contribution in [0, 0.1) is 0 Å². The number of carbonyl (C=O) groups excluding carboxylic acids is 1. The predicted molar refractivity (Wildman–Crippen MR) is 33.5 cm³/mol. The summed E-state index contributed by atoms with van der Waals surface area (Å²) in [5.41, 5.74) is 0. The fraction of sp³-hybridized carbons (Fsp3) is 0.800. The summed E-state index contributed by atoms with van der Waals surface area (Å²) >= 11 is 5.08. The Morgan fingerprint density at radius 1 is 1.67 bits per heavy atom. The van der Waals surface area contributed by atoms with Crippen molar-refractivity contribution in [3.05, 3.63) is 0 Å². The van der Waals surface area contributed by atoms with E-state index in [-0.39, 0.29) is 6.61 Å². The molecule has 0 rings (SSSR count). The van der Waals surface area contributed by atoms with Crippen LogP contribution in [-0.4, -0.2) is 32.2 Å². The second-order valence-corrected chi connectivity index (χ2v) is 1.86. The van der Waals surface area contributed by atoms with Gasteiger partial charge in [0.1, 0.15) is 0 Å². The highest BCUT2D eigenvalue weighted by Crippen LogP contribution is 1.95. The zero-order chi connectivity index (χ0) is 7.28. The summed E-state index contributed by atoms with van der Waals surface area (Å²) in [6, 6.07) is 0. The molecule has 0 aromatic heterocycles. The molecular weight excluding hydrogens is 144 g/mol. The Labute approximate surface area is 58.9 Å².